The second kappa shape index (κ2) is 8.94. The van der Waals surface area contributed by atoms with E-state index in [-0.39, 0.29) is 5.97 Å². The van der Waals surface area contributed by atoms with Crippen LogP contribution in [0.3, 0.4) is 0 Å². The Kier molecular flexibility index (Phi) is 6.37. The zero-order valence-electron chi connectivity index (χ0n) is 21.1. The van der Waals surface area contributed by atoms with Crippen LogP contribution in [-0.2, 0) is 35.5 Å². The highest BCUT2D eigenvalue weighted by Crippen LogP contribution is 2.34. The number of carbonyl (C=O) groups is 1. The molecular formula is C28H38N3O2+. The Hall–Kier alpha value is -2.66. The fourth-order valence-corrected chi connectivity index (χ4v) is 4.70. The highest BCUT2D eigenvalue weighted by atomic mass is 16.5. The average molecular weight is 449 g/mol. The van der Waals surface area contributed by atoms with Gasteiger partial charge in [-0.1, -0.05) is 24.6 Å². The lowest BCUT2D eigenvalue weighted by atomic mass is 9.91. The Morgan fingerprint density at radius 1 is 1.21 bits per heavy atom. The van der Waals surface area contributed by atoms with Gasteiger partial charge in [-0.05, 0) is 64.3 Å². The predicted octanol–water partition coefficient (Wildman–Crippen LogP) is 5.34. The number of likely N-dealkylation sites (N-methyl/N-ethyl adjacent to an activating group) is 1. The molecule has 0 bridgehead atoms. The fraction of sp³-hybridized carbons (Fsp3) is 0.500. The molecule has 1 unspecified atom stereocenters. The molecule has 5 heteroatoms. The molecule has 0 fully saturated rings. The zero-order valence-corrected chi connectivity index (χ0v) is 21.1. The smallest absolute Gasteiger partial charge is 0.315 e. The molecule has 3 heterocycles. The predicted molar refractivity (Wildman–Crippen MR) is 133 cm³/mol. The van der Waals surface area contributed by atoms with E-state index in [0.29, 0.717) is 6.73 Å². The van der Waals surface area contributed by atoms with Gasteiger partial charge in [-0.3, -0.25) is 14.3 Å². The summed E-state index contributed by atoms with van der Waals surface area (Å²) in [6, 6.07) is 11.1. The fourth-order valence-electron chi connectivity index (χ4n) is 4.70. The van der Waals surface area contributed by atoms with Crippen molar-refractivity contribution in [1.29, 1.82) is 0 Å². The van der Waals surface area contributed by atoms with Crippen LogP contribution in [0.5, 0.6) is 0 Å². The summed E-state index contributed by atoms with van der Waals surface area (Å²) in [6.07, 6.45) is 4.73. The molecule has 5 nitrogen and oxygen atoms in total. The van der Waals surface area contributed by atoms with Gasteiger partial charge in [0.15, 0.2) is 0 Å². The lowest BCUT2D eigenvalue weighted by Gasteiger charge is -2.38. The molecule has 1 aliphatic heterocycles. The number of hydrogen-bond donors (Lipinski definition) is 0. The minimum atomic E-state index is -0.432. The summed E-state index contributed by atoms with van der Waals surface area (Å²) in [7, 11) is 2.21. The summed E-state index contributed by atoms with van der Waals surface area (Å²) in [6.45, 7) is 13.4. The number of aromatic nitrogens is 2. The molecule has 176 valence electrons. The van der Waals surface area contributed by atoms with Gasteiger partial charge < -0.3 is 9.30 Å². The van der Waals surface area contributed by atoms with Crippen molar-refractivity contribution in [2.75, 3.05) is 20.3 Å². The monoisotopic (exact) mass is 448 g/mol. The third kappa shape index (κ3) is 4.84. The van der Waals surface area contributed by atoms with Crippen LogP contribution < -0.4 is 0 Å². The summed E-state index contributed by atoms with van der Waals surface area (Å²) in [4.78, 5) is 17.1. The highest BCUT2D eigenvalue weighted by Gasteiger charge is 2.36. The van der Waals surface area contributed by atoms with E-state index < -0.39 is 5.41 Å². The number of aryl methyl sites for hydroxylation is 4. The number of nitrogens with zero attached hydrogens (tertiary/aromatic N) is 3. The second-order valence-electron chi connectivity index (χ2n) is 10.7. The number of rotatable bonds is 7. The maximum Gasteiger partial charge on any atom is 0.315 e. The van der Waals surface area contributed by atoms with E-state index in [1.54, 1.807) is 0 Å². The van der Waals surface area contributed by atoms with Gasteiger partial charge in [0.1, 0.15) is 6.54 Å². The second-order valence-corrected chi connectivity index (χ2v) is 10.7. The normalized spacial score (nSPS) is 18.4. The SMILES string of the molecule is CCC(C)(C)C(=O)OC[N+]1(C)CCc2c(c3cc(C)ccc3n2CCc2ccc(C)nc2)C1. The Labute approximate surface area is 198 Å². The molecule has 2 aromatic heterocycles. The average Bonchev–Trinajstić information content (AvgIpc) is 3.08. The molecule has 3 aromatic rings. The molecule has 0 aliphatic carbocycles. The topological polar surface area (TPSA) is 44.1 Å². The summed E-state index contributed by atoms with van der Waals surface area (Å²) in [5, 5.41) is 1.34. The summed E-state index contributed by atoms with van der Waals surface area (Å²) < 4.78 is 9.08. The van der Waals surface area contributed by atoms with Crippen molar-refractivity contribution in [3.63, 3.8) is 0 Å². The van der Waals surface area contributed by atoms with Gasteiger partial charge in [-0.15, -0.1) is 0 Å². The van der Waals surface area contributed by atoms with Crippen LogP contribution in [0.15, 0.2) is 36.5 Å². The first kappa shape index (κ1) is 23.5. The third-order valence-corrected chi connectivity index (χ3v) is 7.41. The van der Waals surface area contributed by atoms with Gasteiger partial charge >= 0.3 is 5.97 Å². The third-order valence-electron chi connectivity index (χ3n) is 7.41. The van der Waals surface area contributed by atoms with Crippen LogP contribution in [0.4, 0.5) is 0 Å². The molecule has 1 aliphatic rings. The molecule has 0 saturated heterocycles. The van der Waals surface area contributed by atoms with Crippen molar-refractivity contribution in [1.82, 2.24) is 9.55 Å². The number of hydrogen-bond acceptors (Lipinski definition) is 3. The number of pyridine rings is 1. The minimum absolute atomic E-state index is 0.0971. The molecule has 33 heavy (non-hydrogen) atoms. The van der Waals surface area contributed by atoms with Crippen LogP contribution in [0.2, 0.25) is 0 Å². The van der Waals surface area contributed by atoms with Crippen molar-refractivity contribution < 1.29 is 14.0 Å². The Balaban J connectivity index is 1.60. The van der Waals surface area contributed by atoms with E-state index in [4.69, 9.17) is 4.74 Å². The molecule has 4 rings (SSSR count). The zero-order chi connectivity index (χ0) is 23.8. The molecule has 1 aromatic carbocycles. The van der Waals surface area contributed by atoms with Crippen molar-refractivity contribution >= 4 is 16.9 Å². The van der Waals surface area contributed by atoms with E-state index in [9.17, 15) is 4.79 Å². The Bertz CT molecular complexity index is 1160. The van der Waals surface area contributed by atoms with Gasteiger partial charge in [-0.2, -0.15) is 0 Å². The number of fused-ring (bicyclic) bond motifs is 3. The van der Waals surface area contributed by atoms with E-state index in [2.05, 4.69) is 53.9 Å². The quantitative estimate of drug-likeness (QED) is 0.362. The number of ether oxygens (including phenoxy) is 1. The molecular weight excluding hydrogens is 410 g/mol. The molecule has 0 spiro atoms. The van der Waals surface area contributed by atoms with Crippen LogP contribution in [0, 0.1) is 19.3 Å². The van der Waals surface area contributed by atoms with Crippen molar-refractivity contribution in [3.8, 4) is 0 Å². The van der Waals surface area contributed by atoms with Gasteiger partial charge in [0.05, 0.1) is 19.0 Å². The van der Waals surface area contributed by atoms with E-state index in [0.717, 1.165) is 49.1 Å². The molecule has 1 atom stereocenters. The maximum atomic E-state index is 12.6. The lowest BCUT2D eigenvalue weighted by molar-refractivity contribution is -0.940. The van der Waals surface area contributed by atoms with Gasteiger partial charge in [-0.25, -0.2) is 0 Å². The van der Waals surface area contributed by atoms with Crippen molar-refractivity contribution in [2.24, 2.45) is 5.41 Å². The maximum absolute atomic E-state index is 12.6. The number of esters is 1. The summed E-state index contributed by atoms with van der Waals surface area (Å²) >= 11 is 0. The highest BCUT2D eigenvalue weighted by molar-refractivity contribution is 5.86. The summed E-state index contributed by atoms with van der Waals surface area (Å²) in [5.74, 6) is -0.0971. The van der Waals surface area contributed by atoms with Crippen LogP contribution in [0.25, 0.3) is 10.9 Å². The molecule has 0 amide bonds. The first-order valence-corrected chi connectivity index (χ1v) is 12.1. The molecule has 0 N–H and O–H groups in total. The Morgan fingerprint density at radius 3 is 2.70 bits per heavy atom. The minimum Gasteiger partial charge on any atom is -0.415 e. The van der Waals surface area contributed by atoms with Gasteiger partial charge in [0, 0.05) is 47.0 Å². The van der Waals surface area contributed by atoms with Crippen molar-refractivity contribution in [3.05, 3.63) is 64.6 Å². The van der Waals surface area contributed by atoms with Crippen LogP contribution in [-0.4, -0.2) is 40.3 Å². The van der Waals surface area contributed by atoms with E-state index in [1.807, 2.05) is 33.9 Å². The lowest BCUT2D eigenvalue weighted by Crippen LogP contribution is -2.50. The van der Waals surface area contributed by atoms with Gasteiger partial charge in [0.25, 0.3) is 0 Å². The van der Waals surface area contributed by atoms with Gasteiger partial charge in [0.2, 0.25) is 6.73 Å². The standard InChI is InChI=1S/C28H38N3O2/c1-7-28(4,5)27(32)33-19-31(6)15-13-26-24(18-31)23-16-20(2)8-11-25(23)30(26)14-12-22-10-9-21(3)29-17-22/h8-11,16-17H,7,12-15,18-19H2,1-6H3/q+1. The van der Waals surface area contributed by atoms with Crippen LogP contribution in [0.1, 0.15) is 55.3 Å². The van der Waals surface area contributed by atoms with E-state index in [1.165, 1.54) is 33.3 Å². The van der Waals surface area contributed by atoms with Crippen LogP contribution >= 0.6 is 0 Å². The van der Waals surface area contributed by atoms with Crippen molar-refractivity contribution in [2.45, 2.75) is 67.0 Å². The first-order chi connectivity index (χ1) is 15.6. The number of quaternary nitrogens is 1. The largest absolute Gasteiger partial charge is 0.415 e. The number of benzene rings is 1. The Morgan fingerprint density at radius 2 is 2.00 bits per heavy atom. The van der Waals surface area contributed by atoms with E-state index >= 15 is 0 Å². The summed E-state index contributed by atoms with van der Waals surface area (Å²) in [5.41, 5.74) is 7.33. The molecule has 0 radical (unpaired) electrons. The first-order valence-electron chi connectivity index (χ1n) is 12.1. The number of carbonyl (C=O) groups excluding carboxylic acids is 1. The molecule has 0 saturated carbocycles.